The zero-order valence-corrected chi connectivity index (χ0v) is 21.1. The van der Waals surface area contributed by atoms with Crippen LogP contribution < -0.4 is 5.32 Å². The first-order valence-electron chi connectivity index (χ1n) is 14.4. The van der Waals surface area contributed by atoms with E-state index in [1.165, 1.54) is 141 Å². The lowest BCUT2D eigenvalue weighted by Gasteiger charge is -2.52. The van der Waals surface area contributed by atoms with Crippen molar-refractivity contribution in [2.75, 3.05) is 0 Å². The smallest absolute Gasteiger partial charge is 0.194 e. The molecule has 1 N–H and O–H groups in total. The Labute approximate surface area is 194 Å². The molecule has 3 aliphatic heterocycles. The summed E-state index contributed by atoms with van der Waals surface area (Å²) >= 11 is 0. The molecule has 3 heteroatoms. The van der Waals surface area contributed by atoms with E-state index in [1.807, 2.05) is 0 Å². The Morgan fingerprint density at radius 2 is 1.26 bits per heavy atom. The quantitative estimate of drug-likeness (QED) is 0.251. The van der Waals surface area contributed by atoms with Gasteiger partial charge in [-0.25, -0.2) is 4.99 Å². The third-order valence-electron chi connectivity index (χ3n) is 8.14. The lowest BCUT2D eigenvalue weighted by Crippen LogP contribution is -2.64. The van der Waals surface area contributed by atoms with E-state index in [0.717, 1.165) is 12.1 Å². The predicted molar refractivity (Wildman–Crippen MR) is 136 cm³/mol. The van der Waals surface area contributed by atoms with E-state index in [-0.39, 0.29) is 0 Å². The summed E-state index contributed by atoms with van der Waals surface area (Å²) in [6.07, 6.45) is 29.3. The van der Waals surface area contributed by atoms with Crippen LogP contribution in [0.2, 0.25) is 0 Å². The Kier molecular flexibility index (Phi) is 11.6. The first-order chi connectivity index (χ1) is 15.3. The van der Waals surface area contributed by atoms with Crippen LogP contribution >= 0.6 is 0 Å². The third kappa shape index (κ3) is 8.28. The maximum atomic E-state index is 5.29. The summed E-state index contributed by atoms with van der Waals surface area (Å²) in [5.41, 5.74) is 0. The minimum absolute atomic E-state index is 0.579. The van der Waals surface area contributed by atoms with Crippen LogP contribution in [0, 0.1) is 0 Å². The van der Waals surface area contributed by atoms with E-state index in [9.17, 15) is 0 Å². The lowest BCUT2D eigenvalue weighted by molar-refractivity contribution is 0.0978. The topological polar surface area (TPSA) is 27.6 Å². The summed E-state index contributed by atoms with van der Waals surface area (Å²) in [6.45, 7) is 4.61. The van der Waals surface area contributed by atoms with Gasteiger partial charge in [-0.15, -0.1) is 0 Å². The van der Waals surface area contributed by atoms with E-state index in [1.54, 1.807) is 0 Å². The summed E-state index contributed by atoms with van der Waals surface area (Å²) in [6, 6.07) is 2.79. The van der Waals surface area contributed by atoms with Crippen LogP contribution in [-0.4, -0.2) is 35.0 Å². The van der Waals surface area contributed by atoms with E-state index >= 15 is 0 Å². The highest BCUT2D eigenvalue weighted by Gasteiger charge is 2.41. The molecule has 0 bridgehead atoms. The molecule has 0 aromatic carbocycles. The Morgan fingerprint density at radius 1 is 0.710 bits per heavy atom. The van der Waals surface area contributed by atoms with Gasteiger partial charge >= 0.3 is 0 Å². The molecule has 0 unspecified atom stereocenters. The van der Waals surface area contributed by atoms with Crippen molar-refractivity contribution in [1.29, 1.82) is 0 Å². The highest BCUT2D eigenvalue weighted by Crippen LogP contribution is 2.36. The standard InChI is InChI=1S/C28H53N3/c1-3-5-7-9-11-13-15-18-24-22-26-20-17-21-27-23-25(30-28(29-24)31(26)27)19-16-14-12-10-8-6-4-2/h24-27H,3-23H2,1-2H3,(H,29,30)/t24-,25+,26+,27-. The number of unbranched alkanes of at least 4 members (excludes halogenated alkanes) is 12. The largest absolute Gasteiger partial charge is 0.353 e. The molecule has 3 heterocycles. The van der Waals surface area contributed by atoms with E-state index in [4.69, 9.17) is 4.99 Å². The number of rotatable bonds is 16. The van der Waals surface area contributed by atoms with Crippen LogP contribution in [0.25, 0.3) is 0 Å². The Hall–Kier alpha value is -0.730. The molecule has 0 aliphatic carbocycles. The van der Waals surface area contributed by atoms with Crippen LogP contribution in [0.1, 0.15) is 149 Å². The normalized spacial score (nSPS) is 27.5. The Balaban J connectivity index is 1.41. The SMILES string of the molecule is CCCCCCCCC[C@@H]1C[C@@H]2CCC[C@@H]3C[C@H](CCCCCCCCC)NC(=N1)N32. The van der Waals surface area contributed by atoms with Crippen molar-refractivity contribution in [3.63, 3.8) is 0 Å². The first kappa shape index (κ1) is 24.9. The highest BCUT2D eigenvalue weighted by molar-refractivity contribution is 5.82. The van der Waals surface area contributed by atoms with Crippen molar-refractivity contribution in [1.82, 2.24) is 10.2 Å². The summed E-state index contributed by atoms with van der Waals surface area (Å²) in [5.74, 6) is 1.30. The number of piperidine rings is 1. The van der Waals surface area contributed by atoms with Gasteiger partial charge in [0.1, 0.15) is 0 Å². The van der Waals surface area contributed by atoms with Crippen molar-refractivity contribution in [2.24, 2.45) is 4.99 Å². The van der Waals surface area contributed by atoms with Crippen LogP contribution in [0.3, 0.4) is 0 Å². The van der Waals surface area contributed by atoms with E-state index < -0.39 is 0 Å². The molecular weight excluding hydrogens is 378 g/mol. The van der Waals surface area contributed by atoms with Gasteiger partial charge < -0.3 is 10.2 Å². The molecule has 0 aromatic rings. The summed E-state index contributed by atoms with van der Waals surface area (Å²) < 4.78 is 0. The summed E-state index contributed by atoms with van der Waals surface area (Å²) in [7, 11) is 0. The van der Waals surface area contributed by atoms with Gasteiger partial charge in [0.2, 0.25) is 0 Å². The maximum absolute atomic E-state index is 5.29. The number of hydrogen-bond donors (Lipinski definition) is 1. The van der Waals surface area contributed by atoms with Gasteiger partial charge in [-0.2, -0.15) is 0 Å². The van der Waals surface area contributed by atoms with Crippen LogP contribution in [0.15, 0.2) is 4.99 Å². The van der Waals surface area contributed by atoms with Crippen molar-refractivity contribution < 1.29 is 0 Å². The second-order valence-electron chi connectivity index (χ2n) is 10.9. The van der Waals surface area contributed by atoms with Gasteiger partial charge in [0.25, 0.3) is 0 Å². The average Bonchev–Trinajstić information content (AvgIpc) is 2.78. The molecule has 3 aliphatic rings. The molecular formula is C28H53N3. The second kappa shape index (κ2) is 14.4. The molecule has 0 amide bonds. The number of aliphatic imine (C=N–C) groups is 1. The van der Waals surface area contributed by atoms with E-state index in [2.05, 4.69) is 24.1 Å². The molecule has 3 rings (SSSR count). The predicted octanol–water partition coefficient (Wildman–Crippen LogP) is 7.98. The molecule has 0 aromatic heterocycles. The summed E-state index contributed by atoms with van der Waals surface area (Å²) in [4.78, 5) is 8.02. The molecule has 2 saturated heterocycles. The second-order valence-corrected chi connectivity index (χ2v) is 10.9. The fourth-order valence-electron chi connectivity index (χ4n) is 6.32. The monoisotopic (exact) mass is 431 g/mol. The van der Waals surface area contributed by atoms with E-state index in [0.29, 0.717) is 12.1 Å². The van der Waals surface area contributed by atoms with Gasteiger partial charge in [-0.1, -0.05) is 104 Å². The fourth-order valence-corrected chi connectivity index (χ4v) is 6.32. The highest BCUT2D eigenvalue weighted by atomic mass is 15.4. The molecule has 0 radical (unpaired) electrons. The third-order valence-corrected chi connectivity index (χ3v) is 8.14. The molecule has 4 atom stereocenters. The van der Waals surface area contributed by atoms with Crippen molar-refractivity contribution in [2.45, 2.75) is 173 Å². The van der Waals surface area contributed by atoms with Crippen molar-refractivity contribution in [3.8, 4) is 0 Å². The van der Waals surface area contributed by atoms with Gasteiger partial charge in [0, 0.05) is 18.1 Å². The zero-order valence-electron chi connectivity index (χ0n) is 21.1. The Morgan fingerprint density at radius 3 is 1.90 bits per heavy atom. The molecule has 0 spiro atoms. The maximum Gasteiger partial charge on any atom is 0.194 e. The van der Waals surface area contributed by atoms with Crippen molar-refractivity contribution in [3.05, 3.63) is 0 Å². The molecule has 3 nitrogen and oxygen atoms in total. The average molecular weight is 432 g/mol. The summed E-state index contributed by atoms with van der Waals surface area (Å²) in [5, 5.41) is 3.93. The lowest BCUT2D eigenvalue weighted by atomic mass is 9.84. The number of nitrogens with one attached hydrogen (secondary N) is 1. The number of guanidine groups is 1. The molecule has 2 fully saturated rings. The van der Waals surface area contributed by atoms with Crippen molar-refractivity contribution >= 4 is 5.96 Å². The first-order valence-corrected chi connectivity index (χ1v) is 14.4. The van der Waals surface area contributed by atoms with Crippen LogP contribution in [0.4, 0.5) is 0 Å². The van der Waals surface area contributed by atoms with Gasteiger partial charge in [0.15, 0.2) is 5.96 Å². The van der Waals surface area contributed by atoms with Gasteiger partial charge in [-0.3, -0.25) is 0 Å². The zero-order chi connectivity index (χ0) is 21.7. The van der Waals surface area contributed by atoms with Crippen LogP contribution in [-0.2, 0) is 0 Å². The van der Waals surface area contributed by atoms with Gasteiger partial charge in [0.05, 0.1) is 6.04 Å². The number of nitrogens with zero attached hydrogens (tertiary/aromatic N) is 2. The molecule has 31 heavy (non-hydrogen) atoms. The van der Waals surface area contributed by atoms with Crippen LogP contribution in [0.5, 0.6) is 0 Å². The molecule has 180 valence electrons. The fraction of sp³-hybridized carbons (Fsp3) is 0.964. The molecule has 0 saturated carbocycles. The van der Waals surface area contributed by atoms with Gasteiger partial charge in [-0.05, 0) is 44.9 Å². The minimum atomic E-state index is 0.579. The number of hydrogen-bond acceptors (Lipinski definition) is 3. The minimum Gasteiger partial charge on any atom is -0.353 e. The Bertz CT molecular complexity index is 502.